The standard InChI is InChI=1S/C14H18BrFN2O3S/c1-2-22(20,21)18-7-5-11(6-8-18)17-14(19)12-9-10(15)3-4-13(12)16/h3-4,9,11H,2,5-8H2,1H3,(H,17,19). The number of carbonyl (C=O) groups excluding carboxylic acids is 1. The minimum Gasteiger partial charge on any atom is -0.349 e. The Morgan fingerprint density at radius 1 is 1.41 bits per heavy atom. The Kier molecular flexibility index (Phi) is 5.57. The molecule has 0 atom stereocenters. The van der Waals surface area contributed by atoms with Crippen LogP contribution in [0.5, 0.6) is 0 Å². The maximum Gasteiger partial charge on any atom is 0.254 e. The first kappa shape index (κ1) is 17.4. The molecule has 1 fully saturated rings. The van der Waals surface area contributed by atoms with Crippen LogP contribution < -0.4 is 5.32 Å². The summed E-state index contributed by atoms with van der Waals surface area (Å²) in [6, 6.07) is 4.05. The minimum atomic E-state index is -3.18. The maximum absolute atomic E-state index is 13.7. The number of amides is 1. The molecule has 1 aromatic carbocycles. The molecule has 1 saturated heterocycles. The smallest absolute Gasteiger partial charge is 0.254 e. The first-order chi connectivity index (χ1) is 10.3. The Morgan fingerprint density at radius 2 is 2.05 bits per heavy atom. The third kappa shape index (κ3) is 4.05. The van der Waals surface area contributed by atoms with E-state index >= 15 is 0 Å². The second kappa shape index (κ2) is 7.06. The SMILES string of the molecule is CCS(=O)(=O)N1CCC(NC(=O)c2cc(Br)ccc2F)CC1. The van der Waals surface area contributed by atoms with Crippen molar-refractivity contribution in [2.45, 2.75) is 25.8 Å². The molecule has 0 unspecified atom stereocenters. The number of nitrogens with zero attached hydrogens (tertiary/aromatic N) is 1. The zero-order chi connectivity index (χ0) is 16.3. The first-order valence-electron chi connectivity index (χ1n) is 7.07. The van der Waals surface area contributed by atoms with Crippen molar-refractivity contribution in [3.63, 3.8) is 0 Å². The number of rotatable bonds is 4. The Morgan fingerprint density at radius 3 is 2.64 bits per heavy atom. The molecule has 1 amide bonds. The summed E-state index contributed by atoms with van der Waals surface area (Å²) in [5.74, 6) is -0.977. The highest BCUT2D eigenvalue weighted by Gasteiger charge is 2.27. The predicted molar refractivity (Wildman–Crippen MR) is 85.6 cm³/mol. The molecule has 0 radical (unpaired) electrons. The van der Waals surface area contributed by atoms with E-state index in [1.807, 2.05) is 0 Å². The van der Waals surface area contributed by atoms with Crippen LogP contribution in [-0.4, -0.2) is 43.5 Å². The van der Waals surface area contributed by atoms with Gasteiger partial charge in [-0.15, -0.1) is 0 Å². The molecule has 1 aliphatic rings. The van der Waals surface area contributed by atoms with Gasteiger partial charge in [0.1, 0.15) is 5.82 Å². The van der Waals surface area contributed by atoms with Gasteiger partial charge in [0.05, 0.1) is 11.3 Å². The molecule has 1 aliphatic heterocycles. The van der Waals surface area contributed by atoms with Gasteiger partial charge >= 0.3 is 0 Å². The lowest BCUT2D eigenvalue weighted by molar-refractivity contribution is 0.0919. The topological polar surface area (TPSA) is 66.5 Å². The van der Waals surface area contributed by atoms with E-state index in [1.165, 1.54) is 22.5 Å². The molecule has 0 saturated carbocycles. The maximum atomic E-state index is 13.7. The van der Waals surface area contributed by atoms with Crippen LogP contribution in [0.2, 0.25) is 0 Å². The lowest BCUT2D eigenvalue weighted by Crippen LogP contribution is -2.47. The van der Waals surface area contributed by atoms with E-state index in [-0.39, 0.29) is 17.4 Å². The third-order valence-corrected chi connectivity index (χ3v) is 6.10. The minimum absolute atomic E-state index is 0.0158. The van der Waals surface area contributed by atoms with Gasteiger partial charge in [-0.05, 0) is 38.0 Å². The van der Waals surface area contributed by atoms with Crippen molar-refractivity contribution in [1.82, 2.24) is 9.62 Å². The molecule has 0 bridgehead atoms. The number of hydrogen-bond donors (Lipinski definition) is 1. The lowest BCUT2D eigenvalue weighted by atomic mass is 10.1. The van der Waals surface area contributed by atoms with Gasteiger partial charge in [0.25, 0.3) is 5.91 Å². The number of hydrogen-bond acceptors (Lipinski definition) is 3. The van der Waals surface area contributed by atoms with Gasteiger partial charge in [-0.2, -0.15) is 0 Å². The average Bonchev–Trinajstić information content (AvgIpc) is 2.50. The van der Waals surface area contributed by atoms with E-state index in [4.69, 9.17) is 0 Å². The molecule has 0 spiro atoms. The van der Waals surface area contributed by atoms with Crippen LogP contribution in [0.3, 0.4) is 0 Å². The highest BCUT2D eigenvalue weighted by molar-refractivity contribution is 9.10. The molecule has 8 heteroatoms. The monoisotopic (exact) mass is 392 g/mol. The third-order valence-electron chi connectivity index (χ3n) is 3.72. The largest absolute Gasteiger partial charge is 0.349 e. The molecular weight excluding hydrogens is 375 g/mol. The summed E-state index contributed by atoms with van der Waals surface area (Å²) in [5.41, 5.74) is -0.0158. The Hall–Kier alpha value is -0.990. The van der Waals surface area contributed by atoms with Crippen molar-refractivity contribution in [1.29, 1.82) is 0 Å². The Bertz CT molecular complexity index is 658. The molecule has 1 heterocycles. The van der Waals surface area contributed by atoms with Crippen molar-refractivity contribution in [3.8, 4) is 0 Å². The zero-order valence-electron chi connectivity index (χ0n) is 12.2. The summed E-state index contributed by atoms with van der Waals surface area (Å²) in [4.78, 5) is 12.1. The van der Waals surface area contributed by atoms with Crippen LogP contribution in [0.1, 0.15) is 30.1 Å². The highest BCUT2D eigenvalue weighted by Crippen LogP contribution is 2.18. The molecule has 5 nitrogen and oxygen atoms in total. The van der Waals surface area contributed by atoms with E-state index in [1.54, 1.807) is 6.92 Å². The van der Waals surface area contributed by atoms with Crippen LogP contribution in [0, 0.1) is 5.82 Å². The van der Waals surface area contributed by atoms with E-state index in [0.717, 1.165) is 0 Å². The van der Waals surface area contributed by atoms with Crippen molar-refractivity contribution < 1.29 is 17.6 Å². The summed E-state index contributed by atoms with van der Waals surface area (Å²) in [6.07, 6.45) is 1.06. The fraction of sp³-hybridized carbons (Fsp3) is 0.500. The van der Waals surface area contributed by atoms with Crippen LogP contribution in [0.4, 0.5) is 4.39 Å². The van der Waals surface area contributed by atoms with Crippen molar-refractivity contribution in [3.05, 3.63) is 34.1 Å². The van der Waals surface area contributed by atoms with Gasteiger partial charge in [0, 0.05) is 23.6 Å². The van der Waals surface area contributed by atoms with Gasteiger partial charge in [-0.1, -0.05) is 15.9 Å². The second-order valence-electron chi connectivity index (χ2n) is 5.17. The molecular formula is C14H18BrFN2O3S. The van der Waals surface area contributed by atoms with E-state index < -0.39 is 21.7 Å². The van der Waals surface area contributed by atoms with Gasteiger partial charge < -0.3 is 5.32 Å². The normalized spacial score (nSPS) is 17.4. The molecule has 2 rings (SSSR count). The number of nitrogens with one attached hydrogen (secondary N) is 1. The number of piperidine rings is 1. The summed E-state index contributed by atoms with van der Waals surface area (Å²) < 4.78 is 39.3. The van der Waals surface area contributed by atoms with E-state index in [2.05, 4.69) is 21.2 Å². The number of sulfonamides is 1. The molecule has 122 valence electrons. The molecule has 0 aliphatic carbocycles. The number of halogens is 2. The summed E-state index contributed by atoms with van der Waals surface area (Å²) in [7, 11) is -3.18. The van der Waals surface area contributed by atoms with E-state index in [0.29, 0.717) is 30.4 Å². The lowest BCUT2D eigenvalue weighted by Gasteiger charge is -2.31. The second-order valence-corrected chi connectivity index (χ2v) is 8.34. The summed E-state index contributed by atoms with van der Waals surface area (Å²) in [6.45, 7) is 2.36. The van der Waals surface area contributed by atoms with Crippen molar-refractivity contribution in [2.24, 2.45) is 0 Å². The Balaban J connectivity index is 1.96. The Labute approximate surface area is 138 Å². The van der Waals surface area contributed by atoms with E-state index in [9.17, 15) is 17.6 Å². The molecule has 22 heavy (non-hydrogen) atoms. The summed E-state index contributed by atoms with van der Waals surface area (Å²) in [5, 5.41) is 2.77. The molecule has 0 aromatic heterocycles. The van der Waals surface area contributed by atoms with Crippen LogP contribution >= 0.6 is 15.9 Å². The molecule has 1 aromatic rings. The van der Waals surface area contributed by atoms with Gasteiger partial charge in [-0.3, -0.25) is 4.79 Å². The fourth-order valence-corrected chi connectivity index (χ4v) is 3.89. The predicted octanol–water partition coefficient (Wildman–Crippen LogP) is 2.13. The van der Waals surface area contributed by atoms with Crippen LogP contribution in [0.15, 0.2) is 22.7 Å². The highest BCUT2D eigenvalue weighted by atomic mass is 79.9. The molecule has 1 N–H and O–H groups in total. The fourth-order valence-electron chi connectivity index (χ4n) is 2.40. The van der Waals surface area contributed by atoms with Crippen LogP contribution in [0.25, 0.3) is 0 Å². The number of carbonyl (C=O) groups is 1. The van der Waals surface area contributed by atoms with Crippen LogP contribution in [-0.2, 0) is 10.0 Å². The van der Waals surface area contributed by atoms with Gasteiger partial charge in [0.15, 0.2) is 0 Å². The van der Waals surface area contributed by atoms with Gasteiger partial charge in [-0.25, -0.2) is 17.1 Å². The van der Waals surface area contributed by atoms with Crippen molar-refractivity contribution in [2.75, 3.05) is 18.8 Å². The number of benzene rings is 1. The van der Waals surface area contributed by atoms with Gasteiger partial charge in [0.2, 0.25) is 10.0 Å². The average molecular weight is 393 g/mol. The van der Waals surface area contributed by atoms with Crippen molar-refractivity contribution >= 4 is 31.9 Å². The quantitative estimate of drug-likeness (QED) is 0.853. The first-order valence-corrected chi connectivity index (χ1v) is 9.47. The zero-order valence-corrected chi connectivity index (χ0v) is 14.6. The summed E-state index contributed by atoms with van der Waals surface area (Å²) >= 11 is 3.21.